The summed E-state index contributed by atoms with van der Waals surface area (Å²) >= 11 is 0. The lowest BCUT2D eigenvalue weighted by Crippen LogP contribution is -2.46. The fourth-order valence-corrected chi connectivity index (χ4v) is 4.16. The van der Waals surface area contributed by atoms with E-state index < -0.39 is 6.04 Å². The highest BCUT2D eigenvalue weighted by molar-refractivity contribution is 5.97. The molecule has 3 aromatic heterocycles. The van der Waals surface area contributed by atoms with E-state index in [0.717, 1.165) is 42.0 Å². The van der Waals surface area contributed by atoms with Crippen molar-refractivity contribution in [2.75, 3.05) is 24.4 Å². The first-order valence-corrected chi connectivity index (χ1v) is 10.8. The Hall–Kier alpha value is -3.55. The van der Waals surface area contributed by atoms with Gasteiger partial charge in [-0.1, -0.05) is 19.9 Å². The molecule has 0 unspecified atom stereocenters. The largest absolute Gasteiger partial charge is 0.481 e. The van der Waals surface area contributed by atoms with Gasteiger partial charge in [-0.3, -0.25) is 9.78 Å². The van der Waals surface area contributed by atoms with Crippen molar-refractivity contribution in [1.82, 2.24) is 19.9 Å². The Morgan fingerprint density at radius 3 is 2.62 bits per heavy atom. The number of hydrogen-bond acceptors (Lipinski definition) is 7. The van der Waals surface area contributed by atoms with Gasteiger partial charge < -0.3 is 15.0 Å². The topological polar surface area (TPSA) is 93.1 Å². The van der Waals surface area contributed by atoms with Crippen LogP contribution in [0.4, 0.5) is 11.5 Å². The second-order valence-corrected chi connectivity index (χ2v) is 8.24. The van der Waals surface area contributed by atoms with Crippen LogP contribution in [-0.2, 0) is 17.6 Å². The molecule has 0 fully saturated rings. The van der Waals surface area contributed by atoms with Gasteiger partial charge in [-0.05, 0) is 43.4 Å². The quantitative estimate of drug-likeness (QED) is 0.610. The zero-order valence-electron chi connectivity index (χ0n) is 18.9. The molecule has 166 valence electrons. The number of pyridine rings is 2. The molecule has 0 bridgehead atoms. The fourth-order valence-electron chi connectivity index (χ4n) is 4.16. The molecule has 3 aromatic rings. The third kappa shape index (κ3) is 4.39. The average molecular weight is 433 g/mol. The smallest absolute Gasteiger partial charge is 0.247 e. The minimum Gasteiger partial charge on any atom is -0.481 e. The van der Waals surface area contributed by atoms with Crippen LogP contribution in [0.2, 0.25) is 0 Å². The van der Waals surface area contributed by atoms with Gasteiger partial charge in [0.05, 0.1) is 19.0 Å². The summed E-state index contributed by atoms with van der Waals surface area (Å²) < 4.78 is 5.09. The summed E-state index contributed by atoms with van der Waals surface area (Å²) in [5.74, 6) is 1.83. The Labute approximate surface area is 188 Å². The van der Waals surface area contributed by atoms with Crippen LogP contribution in [0.1, 0.15) is 31.5 Å². The van der Waals surface area contributed by atoms with Gasteiger partial charge in [-0.2, -0.15) is 0 Å². The summed E-state index contributed by atoms with van der Waals surface area (Å²) in [4.78, 5) is 33.5. The lowest BCUT2D eigenvalue weighted by Gasteiger charge is -2.32. The number of nitrogens with one attached hydrogen (secondary N) is 1. The van der Waals surface area contributed by atoms with Crippen molar-refractivity contribution in [3.05, 3.63) is 54.0 Å². The number of ether oxygens (including phenoxy) is 1. The Bertz CT molecular complexity index is 1090. The highest BCUT2D eigenvalue weighted by Crippen LogP contribution is 2.32. The average Bonchev–Trinajstić information content (AvgIpc) is 3.28. The first-order chi connectivity index (χ1) is 15.5. The number of fused-ring (bicyclic) bond motifs is 1. The van der Waals surface area contributed by atoms with Crippen molar-refractivity contribution < 1.29 is 9.53 Å². The number of carbonyl (C=O) groups excluding carboxylic acids is 1. The third-order valence-electron chi connectivity index (χ3n) is 5.67. The Morgan fingerprint density at radius 2 is 1.97 bits per heavy atom. The molecule has 8 nitrogen and oxygen atoms in total. The number of rotatable bonds is 7. The van der Waals surface area contributed by atoms with Crippen LogP contribution in [0.5, 0.6) is 5.88 Å². The van der Waals surface area contributed by atoms with Crippen molar-refractivity contribution >= 4 is 17.4 Å². The van der Waals surface area contributed by atoms with Crippen LogP contribution in [0.3, 0.4) is 0 Å². The van der Waals surface area contributed by atoms with E-state index in [1.165, 1.54) is 0 Å². The number of likely N-dealkylation sites (N-methyl/N-ethyl adjacent to an activating group) is 1. The SMILES string of the molecule is COc1ccc(NC(=O)[C@@H](C(C)C)N(C)c2nc(-c3ccccn3)nc3c2CCC3)cn1. The van der Waals surface area contributed by atoms with Crippen molar-refractivity contribution in [3.8, 4) is 17.4 Å². The molecular weight excluding hydrogens is 404 g/mol. The van der Waals surface area contributed by atoms with Gasteiger partial charge in [-0.25, -0.2) is 15.0 Å². The van der Waals surface area contributed by atoms with Crippen LogP contribution in [0.15, 0.2) is 42.7 Å². The standard InChI is InChI=1S/C24H28N6O2/c1-15(2)21(24(31)27-16-11-12-20(32-4)26-14-16)30(3)23-17-8-7-10-18(17)28-22(29-23)19-9-5-6-13-25-19/h5-6,9,11-15,21H,7-8,10H2,1-4H3,(H,27,31)/t21-/m1/s1. The normalized spacial score (nSPS) is 13.5. The zero-order chi connectivity index (χ0) is 22.7. The number of aryl methyl sites for hydroxylation is 1. The minimum absolute atomic E-state index is 0.0523. The molecule has 0 aromatic carbocycles. The summed E-state index contributed by atoms with van der Waals surface area (Å²) in [5, 5.41) is 2.98. The number of methoxy groups -OCH3 is 1. The van der Waals surface area contributed by atoms with Gasteiger partial charge in [-0.15, -0.1) is 0 Å². The van der Waals surface area contributed by atoms with Gasteiger partial charge in [0.15, 0.2) is 5.82 Å². The lowest BCUT2D eigenvalue weighted by molar-refractivity contribution is -0.118. The summed E-state index contributed by atoms with van der Waals surface area (Å²) in [5.41, 5.74) is 3.52. The highest BCUT2D eigenvalue weighted by atomic mass is 16.5. The van der Waals surface area contributed by atoms with Crippen LogP contribution < -0.4 is 15.0 Å². The predicted molar refractivity (Wildman–Crippen MR) is 124 cm³/mol. The van der Waals surface area contributed by atoms with Gasteiger partial charge >= 0.3 is 0 Å². The molecule has 1 N–H and O–H groups in total. The van der Waals surface area contributed by atoms with Gasteiger partial charge in [0, 0.05) is 30.6 Å². The van der Waals surface area contributed by atoms with E-state index in [1.807, 2.05) is 44.0 Å². The number of hydrogen-bond donors (Lipinski definition) is 1. The number of anilines is 2. The van der Waals surface area contributed by atoms with Crippen molar-refractivity contribution in [2.45, 2.75) is 39.2 Å². The van der Waals surface area contributed by atoms with E-state index in [-0.39, 0.29) is 11.8 Å². The lowest BCUT2D eigenvalue weighted by atomic mass is 10.0. The molecule has 0 saturated carbocycles. The molecule has 1 atom stereocenters. The molecule has 32 heavy (non-hydrogen) atoms. The minimum atomic E-state index is -0.423. The Kier molecular flexibility index (Phi) is 6.30. The molecule has 4 rings (SSSR count). The van der Waals surface area contributed by atoms with Crippen LogP contribution in [0, 0.1) is 5.92 Å². The molecule has 0 radical (unpaired) electrons. The first kappa shape index (κ1) is 21.7. The molecular formula is C24H28N6O2. The van der Waals surface area contributed by atoms with E-state index in [1.54, 1.807) is 31.6 Å². The number of nitrogens with zero attached hydrogens (tertiary/aromatic N) is 5. The second-order valence-electron chi connectivity index (χ2n) is 8.24. The zero-order valence-corrected chi connectivity index (χ0v) is 18.9. The molecule has 1 amide bonds. The maximum Gasteiger partial charge on any atom is 0.247 e. The van der Waals surface area contributed by atoms with Gasteiger partial charge in [0.25, 0.3) is 0 Å². The first-order valence-electron chi connectivity index (χ1n) is 10.8. The maximum atomic E-state index is 13.3. The summed E-state index contributed by atoms with van der Waals surface area (Å²) in [6.07, 6.45) is 6.19. The van der Waals surface area contributed by atoms with E-state index in [9.17, 15) is 4.79 Å². The molecule has 1 aliphatic carbocycles. The number of aromatic nitrogens is 4. The maximum absolute atomic E-state index is 13.3. The van der Waals surface area contributed by atoms with Crippen molar-refractivity contribution in [3.63, 3.8) is 0 Å². The third-order valence-corrected chi connectivity index (χ3v) is 5.67. The van der Waals surface area contributed by atoms with Gasteiger partial charge in [0.2, 0.25) is 11.8 Å². The predicted octanol–water partition coefficient (Wildman–Crippen LogP) is 3.53. The van der Waals surface area contributed by atoms with Crippen LogP contribution in [0.25, 0.3) is 11.5 Å². The Balaban J connectivity index is 1.66. The molecule has 0 saturated heterocycles. The molecule has 0 aliphatic heterocycles. The monoisotopic (exact) mass is 432 g/mol. The van der Waals surface area contributed by atoms with Crippen molar-refractivity contribution in [1.29, 1.82) is 0 Å². The van der Waals surface area contributed by atoms with E-state index in [4.69, 9.17) is 14.7 Å². The van der Waals surface area contributed by atoms with E-state index >= 15 is 0 Å². The van der Waals surface area contributed by atoms with E-state index in [2.05, 4.69) is 15.3 Å². The van der Waals surface area contributed by atoms with Crippen LogP contribution in [-0.4, -0.2) is 46.0 Å². The fraction of sp³-hybridized carbons (Fsp3) is 0.375. The molecule has 8 heteroatoms. The summed E-state index contributed by atoms with van der Waals surface area (Å²) in [6.45, 7) is 4.07. The molecule has 0 spiro atoms. The summed E-state index contributed by atoms with van der Waals surface area (Å²) in [6, 6.07) is 8.78. The Morgan fingerprint density at radius 1 is 1.12 bits per heavy atom. The highest BCUT2D eigenvalue weighted by Gasteiger charge is 2.31. The number of carbonyl (C=O) groups is 1. The van der Waals surface area contributed by atoms with E-state index in [0.29, 0.717) is 17.4 Å². The van der Waals surface area contributed by atoms with Crippen LogP contribution >= 0.6 is 0 Å². The second kappa shape index (κ2) is 9.30. The summed E-state index contributed by atoms with van der Waals surface area (Å²) in [7, 11) is 3.49. The number of amides is 1. The van der Waals surface area contributed by atoms with Gasteiger partial charge in [0.1, 0.15) is 17.6 Å². The van der Waals surface area contributed by atoms with Crippen molar-refractivity contribution in [2.24, 2.45) is 5.92 Å². The molecule has 1 aliphatic rings. The molecule has 3 heterocycles.